The number of nitro benzene ring substituents is 1. The van der Waals surface area contributed by atoms with Gasteiger partial charge in [-0.05, 0) is 73.8 Å². The number of hydrogen-bond acceptors (Lipinski definition) is 6. The number of nitrogens with one attached hydrogen (secondary N) is 2. The van der Waals surface area contributed by atoms with Crippen LogP contribution in [-0.4, -0.2) is 28.1 Å². The topological polar surface area (TPSA) is 134 Å². The van der Waals surface area contributed by atoms with Gasteiger partial charge in [0.2, 0.25) is 0 Å². The third-order valence-corrected chi connectivity index (χ3v) is 6.55. The van der Waals surface area contributed by atoms with Crippen molar-refractivity contribution in [2.24, 2.45) is 5.10 Å². The number of nitrogens with zero attached hydrogens (tertiary/aromatic N) is 2. The molecule has 3 aromatic carbocycles. The first-order chi connectivity index (χ1) is 16.7. The van der Waals surface area contributed by atoms with Crippen molar-refractivity contribution in [3.8, 4) is 5.75 Å². The third kappa shape index (κ3) is 6.84. The van der Waals surface area contributed by atoms with Gasteiger partial charge in [-0.1, -0.05) is 34.1 Å². The molecule has 3 N–H and O–H groups in total. The zero-order valence-electron chi connectivity index (χ0n) is 17.5. The highest BCUT2D eigenvalue weighted by Crippen LogP contribution is 2.38. The van der Waals surface area contributed by atoms with Crippen molar-refractivity contribution in [1.82, 2.24) is 10.7 Å². The number of phenols is 1. The van der Waals surface area contributed by atoms with E-state index in [4.69, 9.17) is 0 Å². The van der Waals surface area contributed by atoms with E-state index in [1.54, 1.807) is 36.4 Å². The van der Waals surface area contributed by atoms with Crippen LogP contribution in [0.1, 0.15) is 21.5 Å². The SMILES string of the molecule is O=C(N/N=C\c1c(Br)cc(Br)c(O)c1Br)/C(=C/c1ccc([N+](=O)[O-])cc1)NC(=O)c1ccccc1. The first-order valence-electron chi connectivity index (χ1n) is 9.69. The van der Waals surface area contributed by atoms with E-state index in [0.717, 1.165) is 0 Å². The number of benzene rings is 3. The van der Waals surface area contributed by atoms with E-state index in [1.165, 1.54) is 36.6 Å². The molecular weight excluding hydrogens is 652 g/mol. The normalized spacial score (nSPS) is 11.3. The van der Waals surface area contributed by atoms with Gasteiger partial charge in [-0.3, -0.25) is 19.7 Å². The Morgan fingerprint density at radius 3 is 2.29 bits per heavy atom. The fourth-order valence-corrected chi connectivity index (χ4v) is 5.06. The number of halogens is 3. The van der Waals surface area contributed by atoms with E-state index in [2.05, 4.69) is 63.6 Å². The highest BCUT2D eigenvalue weighted by Gasteiger charge is 2.16. The molecular formula is C23H15Br3N4O5. The lowest BCUT2D eigenvalue weighted by Gasteiger charge is -2.10. The van der Waals surface area contributed by atoms with Gasteiger partial charge in [0.05, 0.1) is 20.1 Å². The first kappa shape index (κ1) is 26.3. The summed E-state index contributed by atoms with van der Waals surface area (Å²) in [5.74, 6) is -1.31. The van der Waals surface area contributed by atoms with Gasteiger partial charge in [-0.2, -0.15) is 5.10 Å². The van der Waals surface area contributed by atoms with E-state index in [0.29, 0.717) is 30.1 Å². The monoisotopic (exact) mass is 664 g/mol. The molecule has 0 aliphatic heterocycles. The average Bonchev–Trinajstić information content (AvgIpc) is 2.85. The standard InChI is InChI=1S/C23H15Br3N4O5/c24-17-11-18(25)21(31)20(26)16(17)12-27-29-23(33)19(28-22(32)14-4-2-1-3-5-14)10-13-6-8-15(9-7-13)30(34)35/h1-12,31H,(H,28,32)(H,29,33)/b19-10-,27-12-. The summed E-state index contributed by atoms with van der Waals surface area (Å²) in [6.45, 7) is 0. The summed E-state index contributed by atoms with van der Waals surface area (Å²) in [7, 11) is 0. The molecule has 0 saturated carbocycles. The average molecular weight is 667 g/mol. The molecule has 0 fully saturated rings. The van der Waals surface area contributed by atoms with Crippen LogP contribution in [0.4, 0.5) is 5.69 Å². The van der Waals surface area contributed by atoms with E-state index in [9.17, 15) is 24.8 Å². The van der Waals surface area contributed by atoms with Gasteiger partial charge in [-0.15, -0.1) is 0 Å². The minimum atomic E-state index is -0.738. The fourth-order valence-electron chi connectivity index (χ4n) is 2.73. The second kappa shape index (κ2) is 11.9. The second-order valence-electron chi connectivity index (χ2n) is 6.84. The Morgan fingerprint density at radius 2 is 1.66 bits per heavy atom. The molecule has 0 aliphatic carbocycles. The van der Waals surface area contributed by atoms with Crippen LogP contribution in [0.3, 0.4) is 0 Å². The Hall–Kier alpha value is -3.35. The molecule has 35 heavy (non-hydrogen) atoms. The Labute approximate surface area is 224 Å². The molecule has 2 amide bonds. The lowest BCUT2D eigenvalue weighted by molar-refractivity contribution is -0.384. The largest absolute Gasteiger partial charge is 0.506 e. The molecule has 3 aromatic rings. The Kier molecular flexibility index (Phi) is 8.90. The maximum Gasteiger partial charge on any atom is 0.287 e. The highest BCUT2D eigenvalue weighted by atomic mass is 79.9. The molecule has 0 radical (unpaired) electrons. The Bertz CT molecular complexity index is 1340. The van der Waals surface area contributed by atoms with Gasteiger partial charge >= 0.3 is 0 Å². The van der Waals surface area contributed by atoms with Crippen molar-refractivity contribution in [2.75, 3.05) is 0 Å². The molecule has 9 nitrogen and oxygen atoms in total. The molecule has 0 bridgehead atoms. The highest BCUT2D eigenvalue weighted by molar-refractivity contribution is 9.11. The number of amides is 2. The summed E-state index contributed by atoms with van der Waals surface area (Å²) in [6, 6.07) is 15.4. The van der Waals surface area contributed by atoms with Crippen LogP contribution < -0.4 is 10.7 Å². The molecule has 0 unspecified atom stereocenters. The van der Waals surface area contributed by atoms with Crippen LogP contribution >= 0.6 is 47.8 Å². The van der Waals surface area contributed by atoms with Gasteiger partial charge in [0.15, 0.2) is 0 Å². The zero-order valence-corrected chi connectivity index (χ0v) is 22.3. The van der Waals surface area contributed by atoms with Crippen LogP contribution in [0, 0.1) is 10.1 Å². The lowest BCUT2D eigenvalue weighted by Crippen LogP contribution is -2.32. The molecule has 0 aliphatic rings. The fraction of sp³-hybridized carbons (Fsp3) is 0. The molecule has 0 saturated heterocycles. The minimum absolute atomic E-state index is 0.0464. The number of hydrogen-bond donors (Lipinski definition) is 3. The quantitative estimate of drug-likeness (QED) is 0.132. The number of phenolic OH excluding ortho intramolecular Hbond substituents is 1. The van der Waals surface area contributed by atoms with Gasteiger partial charge < -0.3 is 10.4 Å². The zero-order chi connectivity index (χ0) is 25.5. The number of carbonyl (C=O) groups is 2. The first-order valence-corrected chi connectivity index (χ1v) is 12.1. The molecule has 0 spiro atoms. The molecule has 0 heterocycles. The summed E-state index contributed by atoms with van der Waals surface area (Å²) in [6.07, 6.45) is 2.67. The van der Waals surface area contributed by atoms with E-state index < -0.39 is 16.7 Å². The summed E-state index contributed by atoms with van der Waals surface area (Å²) >= 11 is 9.84. The van der Waals surface area contributed by atoms with Crippen molar-refractivity contribution in [2.45, 2.75) is 0 Å². The predicted molar refractivity (Wildman–Crippen MR) is 142 cm³/mol. The second-order valence-corrected chi connectivity index (χ2v) is 9.34. The number of carbonyl (C=O) groups excluding carboxylic acids is 2. The molecule has 0 atom stereocenters. The van der Waals surface area contributed by atoms with Gasteiger partial charge in [-0.25, -0.2) is 5.43 Å². The van der Waals surface area contributed by atoms with Crippen molar-refractivity contribution < 1.29 is 19.6 Å². The summed E-state index contributed by atoms with van der Waals surface area (Å²) in [5.41, 5.74) is 3.32. The molecule has 178 valence electrons. The minimum Gasteiger partial charge on any atom is -0.506 e. The summed E-state index contributed by atoms with van der Waals surface area (Å²) in [5, 5.41) is 27.4. The number of hydrazone groups is 1. The van der Waals surface area contributed by atoms with Crippen molar-refractivity contribution in [3.05, 3.63) is 107 Å². The third-order valence-electron chi connectivity index (χ3n) is 4.48. The number of non-ortho nitro benzene ring substituents is 1. The summed E-state index contributed by atoms with van der Waals surface area (Å²) in [4.78, 5) is 35.9. The van der Waals surface area contributed by atoms with Gasteiger partial charge in [0.25, 0.3) is 17.5 Å². The van der Waals surface area contributed by atoms with E-state index in [1.807, 2.05) is 0 Å². The van der Waals surface area contributed by atoms with E-state index >= 15 is 0 Å². The molecule has 12 heteroatoms. The molecule has 3 rings (SSSR count). The van der Waals surface area contributed by atoms with Crippen molar-refractivity contribution in [3.63, 3.8) is 0 Å². The summed E-state index contributed by atoms with van der Waals surface area (Å²) < 4.78 is 1.39. The van der Waals surface area contributed by atoms with Crippen molar-refractivity contribution >= 4 is 77.6 Å². The number of nitro groups is 1. The van der Waals surface area contributed by atoms with Crippen LogP contribution in [0.25, 0.3) is 6.08 Å². The van der Waals surface area contributed by atoms with Gasteiger partial charge in [0.1, 0.15) is 11.4 Å². The smallest absolute Gasteiger partial charge is 0.287 e. The number of rotatable bonds is 7. The van der Waals surface area contributed by atoms with Crippen LogP contribution in [0.2, 0.25) is 0 Å². The lowest BCUT2D eigenvalue weighted by atomic mass is 10.1. The Morgan fingerprint density at radius 1 is 1.00 bits per heavy atom. The van der Waals surface area contributed by atoms with Crippen molar-refractivity contribution in [1.29, 1.82) is 0 Å². The Balaban J connectivity index is 1.87. The maximum absolute atomic E-state index is 12.9. The number of aromatic hydroxyl groups is 1. The predicted octanol–water partition coefficient (Wildman–Crippen LogP) is 5.51. The van der Waals surface area contributed by atoms with E-state index in [-0.39, 0.29) is 17.1 Å². The van der Waals surface area contributed by atoms with Crippen LogP contribution in [0.5, 0.6) is 5.75 Å². The van der Waals surface area contributed by atoms with Gasteiger partial charge in [0, 0.05) is 27.7 Å². The van der Waals surface area contributed by atoms with Crippen LogP contribution in [0.15, 0.2) is 84.9 Å². The molecule has 0 aromatic heterocycles. The van der Waals surface area contributed by atoms with Crippen LogP contribution in [-0.2, 0) is 4.79 Å². The maximum atomic E-state index is 12.9.